The molecule has 0 aliphatic carbocycles. The van der Waals surface area contributed by atoms with Gasteiger partial charge in [-0.2, -0.15) is 0 Å². The van der Waals surface area contributed by atoms with Crippen molar-refractivity contribution in [2.45, 2.75) is 19.3 Å². The second-order valence-corrected chi connectivity index (χ2v) is 4.23. The zero-order chi connectivity index (χ0) is 14.8. The van der Waals surface area contributed by atoms with Crippen LogP contribution in [-0.2, 0) is 4.79 Å². The molecule has 0 unspecified atom stereocenters. The van der Waals surface area contributed by atoms with Gasteiger partial charge >= 0.3 is 0 Å². The standard InChI is InChI=1S/C15H19N3O2/c16-10-5-7-12-6-1-2-8-13(12)15(20)18-11-4-3-9-14(17)19/h1-2,6,8H,3-4,9-11,16H2,(H2,17,19)(H,18,20). The van der Waals surface area contributed by atoms with Gasteiger partial charge in [-0.15, -0.1) is 0 Å². The van der Waals surface area contributed by atoms with E-state index in [1.165, 1.54) is 0 Å². The third-order valence-electron chi connectivity index (χ3n) is 2.63. The Hall–Kier alpha value is -2.32. The van der Waals surface area contributed by atoms with Crippen LogP contribution >= 0.6 is 0 Å². The molecule has 1 aromatic rings. The minimum atomic E-state index is -0.321. The molecule has 5 N–H and O–H groups in total. The Kier molecular flexibility index (Phi) is 6.87. The predicted octanol–water partition coefficient (Wildman–Crippen LogP) is 0.382. The lowest BCUT2D eigenvalue weighted by atomic mass is 10.1. The van der Waals surface area contributed by atoms with Crippen molar-refractivity contribution in [3.8, 4) is 11.8 Å². The molecule has 0 aromatic heterocycles. The van der Waals surface area contributed by atoms with Crippen molar-refractivity contribution < 1.29 is 9.59 Å². The Morgan fingerprint density at radius 3 is 2.65 bits per heavy atom. The normalized spacial score (nSPS) is 9.45. The van der Waals surface area contributed by atoms with Gasteiger partial charge in [0.1, 0.15) is 0 Å². The predicted molar refractivity (Wildman–Crippen MR) is 77.8 cm³/mol. The number of primary amides is 1. The molecule has 5 nitrogen and oxygen atoms in total. The van der Waals surface area contributed by atoms with Gasteiger partial charge in [-0.05, 0) is 25.0 Å². The molecule has 20 heavy (non-hydrogen) atoms. The lowest BCUT2D eigenvalue weighted by Crippen LogP contribution is -2.25. The van der Waals surface area contributed by atoms with Gasteiger partial charge in [0.25, 0.3) is 5.91 Å². The maximum Gasteiger partial charge on any atom is 0.252 e. The molecule has 0 fully saturated rings. The number of unbranched alkanes of at least 4 members (excludes halogenated alkanes) is 1. The van der Waals surface area contributed by atoms with Crippen LogP contribution in [0.5, 0.6) is 0 Å². The van der Waals surface area contributed by atoms with Crippen molar-refractivity contribution >= 4 is 11.8 Å². The molecule has 0 spiro atoms. The Morgan fingerprint density at radius 2 is 1.95 bits per heavy atom. The number of carbonyl (C=O) groups excluding carboxylic acids is 2. The quantitative estimate of drug-likeness (QED) is 0.516. The van der Waals surface area contributed by atoms with E-state index in [1.54, 1.807) is 18.2 Å². The van der Waals surface area contributed by atoms with E-state index in [1.807, 2.05) is 6.07 Å². The number of hydrogen-bond acceptors (Lipinski definition) is 3. The summed E-state index contributed by atoms with van der Waals surface area (Å²) in [5, 5.41) is 2.80. The maximum absolute atomic E-state index is 12.0. The number of rotatable bonds is 6. The molecule has 0 aliphatic rings. The molecule has 0 aliphatic heterocycles. The van der Waals surface area contributed by atoms with E-state index in [0.717, 1.165) is 0 Å². The first-order chi connectivity index (χ1) is 9.65. The van der Waals surface area contributed by atoms with E-state index >= 15 is 0 Å². The monoisotopic (exact) mass is 273 g/mol. The fraction of sp³-hybridized carbons (Fsp3) is 0.333. The number of nitrogens with one attached hydrogen (secondary N) is 1. The van der Waals surface area contributed by atoms with E-state index < -0.39 is 0 Å². The largest absolute Gasteiger partial charge is 0.370 e. The lowest BCUT2D eigenvalue weighted by Gasteiger charge is -2.06. The summed E-state index contributed by atoms with van der Waals surface area (Å²) in [5.74, 6) is 5.11. The highest BCUT2D eigenvalue weighted by atomic mass is 16.2. The molecular formula is C15H19N3O2. The highest BCUT2D eigenvalue weighted by molar-refractivity contribution is 5.96. The van der Waals surface area contributed by atoms with Crippen LogP contribution in [-0.4, -0.2) is 24.9 Å². The smallest absolute Gasteiger partial charge is 0.252 e. The zero-order valence-corrected chi connectivity index (χ0v) is 11.3. The van der Waals surface area contributed by atoms with Gasteiger partial charge in [-0.1, -0.05) is 24.0 Å². The third-order valence-corrected chi connectivity index (χ3v) is 2.63. The van der Waals surface area contributed by atoms with Gasteiger partial charge in [0, 0.05) is 18.5 Å². The lowest BCUT2D eigenvalue weighted by molar-refractivity contribution is -0.118. The number of hydrogen-bond donors (Lipinski definition) is 3. The van der Waals surface area contributed by atoms with E-state index in [2.05, 4.69) is 17.2 Å². The Labute approximate surface area is 118 Å². The molecule has 2 amide bonds. The molecule has 1 rings (SSSR count). The van der Waals surface area contributed by atoms with E-state index in [0.29, 0.717) is 36.9 Å². The summed E-state index contributed by atoms with van der Waals surface area (Å²) >= 11 is 0. The Balaban J connectivity index is 2.53. The summed E-state index contributed by atoms with van der Waals surface area (Å²) in [7, 11) is 0. The van der Waals surface area contributed by atoms with Crippen molar-refractivity contribution in [1.82, 2.24) is 5.32 Å². The Bertz CT molecular complexity index is 529. The highest BCUT2D eigenvalue weighted by Crippen LogP contribution is 2.07. The molecule has 0 atom stereocenters. The number of amides is 2. The molecule has 1 aromatic carbocycles. The maximum atomic E-state index is 12.0. The van der Waals surface area contributed by atoms with Crippen LogP contribution in [0.1, 0.15) is 35.2 Å². The number of carbonyl (C=O) groups is 2. The van der Waals surface area contributed by atoms with Gasteiger partial charge in [0.05, 0.1) is 12.1 Å². The van der Waals surface area contributed by atoms with E-state index in [4.69, 9.17) is 11.5 Å². The molecule has 0 heterocycles. The van der Waals surface area contributed by atoms with Gasteiger partial charge < -0.3 is 16.8 Å². The summed E-state index contributed by atoms with van der Waals surface area (Å²) < 4.78 is 0. The SMILES string of the molecule is NCC#Cc1ccccc1C(=O)NCCCCC(N)=O. The fourth-order valence-electron chi connectivity index (χ4n) is 1.66. The first-order valence-corrected chi connectivity index (χ1v) is 6.49. The molecule has 5 heteroatoms. The summed E-state index contributed by atoms with van der Waals surface area (Å²) in [4.78, 5) is 22.6. The third kappa shape index (κ3) is 5.55. The molecule has 0 saturated carbocycles. The average molecular weight is 273 g/mol. The van der Waals surface area contributed by atoms with Crippen molar-refractivity contribution in [2.75, 3.05) is 13.1 Å². The minimum absolute atomic E-state index is 0.175. The molecule has 106 valence electrons. The van der Waals surface area contributed by atoms with E-state index in [9.17, 15) is 9.59 Å². The fourth-order valence-corrected chi connectivity index (χ4v) is 1.66. The van der Waals surface area contributed by atoms with Crippen molar-refractivity contribution in [2.24, 2.45) is 11.5 Å². The van der Waals surface area contributed by atoms with Crippen LogP contribution < -0.4 is 16.8 Å². The minimum Gasteiger partial charge on any atom is -0.370 e. The van der Waals surface area contributed by atoms with Crippen LogP contribution in [0.15, 0.2) is 24.3 Å². The second kappa shape index (κ2) is 8.73. The van der Waals surface area contributed by atoms with Gasteiger partial charge in [0.15, 0.2) is 0 Å². The molecule has 0 radical (unpaired) electrons. The van der Waals surface area contributed by atoms with Gasteiger partial charge in [0.2, 0.25) is 5.91 Å². The first kappa shape index (κ1) is 15.7. The highest BCUT2D eigenvalue weighted by Gasteiger charge is 2.08. The van der Waals surface area contributed by atoms with Crippen LogP contribution in [0.2, 0.25) is 0 Å². The van der Waals surface area contributed by atoms with Crippen LogP contribution in [0, 0.1) is 11.8 Å². The first-order valence-electron chi connectivity index (χ1n) is 6.49. The number of nitrogens with two attached hydrogens (primary N) is 2. The topological polar surface area (TPSA) is 98.2 Å². The van der Waals surface area contributed by atoms with Crippen LogP contribution in [0.25, 0.3) is 0 Å². The number of benzene rings is 1. The molecule has 0 saturated heterocycles. The van der Waals surface area contributed by atoms with Crippen molar-refractivity contribution in [1.29, 1.82) is 0 Å². The molecular weight excluding hydrogens is 254 g/mol. The van der Waals surface area contributed by atoms with E-state index in [-0.39, 0.29) is 18.4 Å². The summed E-state index contributed by atoms with van der Waals surface area (Å²) in [6, 6.07) is 7.11. The Morgan fingerprint density at radius 1 is 1.20 bits per heavy atom. The van der Waals surface area contributed by atoms with Crippen LogP contribution in [0.3, 0.4) is 0 Å². The van der Waals surface area contributed by atoms with Gasteiger partial charge in [-0.25, -0.2) is 0 Å². The van der Waals surface area contributed by atoms with Crippen molar-refractivity contribution in [3.05, 3.63) is 35.4 Å². The van der Waals surface area contributed by atoms with Crippen LogP contribution in [0.4, 0.5) is 0 Å². The van der Waals surface area contributed by atoms with Gasteiger partial charge in [-0.3, -0.25) is 9.59 Å². The average Bonchev–Trinajstić information content (AvgIpc) is 2.44. The summed E-state index contributed by atoms with van der Waals surface area (Å²) in [6.07, 6.45) is 1.73. The second-order valence-electron chi connectivity index (χ2n) is 4.23. The molecule has 0 bridgehead atoms. The van der Waals surface area contributed by atoms with Crippen molar-refractivity contribution in [3.63, 3.8) is 0 Å². The zero-order valence-electron chi connectivity index (χ0n) is 11.3. The summed E-state index contributed by atoms with van der Waals surface area (Å²) in [6.45, 7) is 0.758. The summed E-state index contributed by atoms with van der Waals surface area (Å²) in [5.41, 5.74) is 11.6.